The van der Waals surface area contributed by atoms with Crippen molar-refractivity contribution in [2.24, 2.45) is 0 Å². The van der Waals surface area contributed by atoms with Crippen LogP contribution in [0.2, 0.25) is 0 Å². The molecule has 1 atom stereocenters. The van der Waals surface area contributed by atoms with Crippen LogP contribution >= 0.6 is 0 Å². The first-order valence-corrected chi connectivity index (χ1v) is 8.48. The zero-order valence-electron chi connectivity index (χ0n) is 15.3. The van der Waals surface area contributed by atoms with Gasteiger partial charge >= 0.3 is 5.63 Å². The fourth-order valence-electron chi connectivity index (χ4n) is 3.10. The number of hydrogen-bond donors (Lipinski definition) is 1. The summed E-state index contributed by atoms with van der Waals surface area (Å²) in [4.78, 5) is 24.6. The minimum atomic E-state index is -0.484. The van der Waals surface area contributed by atoms with Crippen LogP contribution in [-0.2, 0) is 6.54 Å². The number of aromatic hydroxyl groups is 1. The van der Waals surface area contributed by atoms with Gasteiger partial charge in [-0.3, -0.25) is 15.0 Å². The summed E-state index contributed by atoms with van der Waals surface area (Å²) >= 11 is 0. The number of nitro benzene ring substituents is 1. The minimum Gasteiger partial charge on any atom is -0.508 e. The Labute approximate surface area is 155 Å². The lowest BCUT2D eigenvalue weighted by atomic mass is 10.0. The second kappa shape index (κ2) is 7.20. The Morgan fingerprint density at radius 1 is 1.26 bits per heavy atom. The zero-order valence-corrected chi connectivity index (χ0v) is 15.3. The molecule has 7 heteroatoms. The Bertz CT molecular complexity index is 1070. The molecule has 1 unspecified atom stereocenters. The van der Waals surface area contributed by atoms with E-state index in [0.717, 1.165) is 16.5 Å². The second-order valence-electron chi connectivity index (χ2n) is 6.62. The lowest BCUT2D eigenvalue weighted by Gasteiger charge is -2.25. The van der Waals surface area contributed by atoms with Crippen molar-refractivity contribution in [1.82, 2.24) is 4.90 Å². The van der Waals surface area contributed by atoms with Gasteiger partial charge in [-0.05, 0) is 44.2 Å². The number of non-ortho nitro benzene ring substituents is 1. The number of benzene rings is 2. The van der Waals surface area contributed by atoms with E-state index < -0.39 is 10.5 Å². The number of rotatable bonds is 5. The van der Waals surface area contributed by atoms with Gasteiger partial charge in [0.05, 0.1) is 4.92 Å². The van der Waals surface area contributed by atoms with Crippen molar-refractivity contribution in [3.8, 4) is 5.75 Å². The second-order valence-corrected chi connectivity index (χ2v) is 6.62. The van der Waals surface area contributed by atoms with Crippen LogP contribution in [0.25, 0.3) is 11.0 Å². The number of phenols is 1. The van der Waals surface area contributed by atoms with Crippen LogP contribution in [0.15, 0.2) is 51.7 Å². The smallest absolute Gasteiger partial charge is 0.336 e. The topological polar surface area (TPSA) is 96.8 Å². The summed E-state index contributed by atoms with van der Waals surface area (Å²) in [5, 5.41) is 21.6. The van der Waals surface area contributed by atoms with E-state index in [4.69, 9.17) is 4.42 Å². The molecule has 0 aliphatic rings. The van der Waals surface area contributed by atoms with Gasteiger partial charge in [-0.15, -0.1) is 0 Å². The van der Waals surface area contributed by atoms with Crippen molar-refractivity contribution >= 4 is 16.7 Å². The molecule has 0 spiro atoms. The summed E-state index contributed by atoms with van der Waals surface area (Å²) in [5.41, 5.74) is 2.03. The Kier molecular flexibility index (Phi) is 4.96. The molecule has 2 aromatic carbocycles. The molecule has 0 bridgehead atoms. The highest BCUT2D eigenvalue weighted by molar-refractivity contribution is 5.84. The standard InChI is InChI=1S/C20H20N2O5/c1-12-18(23)8-7-17-15(10-19(24)27-20(12)17)11-21(3)13(2)14-5-4-6-16(9-14)22(25)26/h4-10,13,23H,11H2,1-3H3. The van der Waals surface area contributed by atoms with Crippen molar-refractivity contribution in [2.45, 2.75) is 26.4 Å². The van der Waals surface area contributed by atoms with E-state index in [1.807, 2.05) is 24.9 Å². The van der Waals surface area contributed by atoms with Gasteiger partial charge in [0.1, 0.15) is 11.3 Å². The third kappa shape index (κ3) is 3.68. The van der Waals surface area contributed by atoms with Crippen LogP contribution in [0, 0.1) is 17.0 Å². The third-order valence-electron chi connectivity index (χ3n) is 4.86. The molecular formula is C20H20N2O5. The van der Waals surface area contributed by atoms with Gasteiger partial charge in [-0.2, -0.15) is 0 Å². The first-order chi connectivity index (χ1) is 12.8. The first kappa shape index (κ1) is 18.6. The lowest BCUT2D eigenvalue weighted by molar-refractivity contribution is -0.384. The molecule has 3 rings (SSSR count). The predicted molar refractivity (Wildman–Crippen MR) is 102 cm³/mol. The number of phenolic OH excluding ortho intramolecular Hbond substituents is 1. The van der Waals surface area contributed by atoms with Gasteiger partial charge in [0.2, 0.25) is 0 Å². The Balaban J connectivity index is 1.95. The third-order valence-corrected chi connectivity index (χ3v) is 4.86. The molecule has 0 radical (unpaired) electrons. The van der Waals surface area contributed by atoms with Crippen LogP contribution in [0.5, 0.6) is 5.75 Å². The quantitative estimate of drug-likeness (QED) is 0.417. The number of nitrogens with zero attached hydrogens (tertiary/aromatic N) is 2. The summed E-state index contributed by atoms with van der Waals surface area (Å²) in [6.07, 6.45) is 0. The maximum Gasteiger partial charge on any atom is 0.336 e. The summed E-state index contributed by atoms with van der Waals surface area (Å²) < 4.78 is 5.27. The number of aryl methyl sites for hydroxylation is 1. The van der Waals surface area contributed by atoms with Crippen LogP contribution in [0.3, 0.4) is 0 Å². The van der Waals surface area contributed by atoms with Gasteiger partial charge in [0.15, 0.2) is 0 Å². The highest BCUT2D eigenvalue weighted by atomic mass is 16.6. The van der Waals surface area contributed by atoms with E-state index in [1.165, 1.54) is 12.1 Å². The molecule has 3 aromatic rings. The molecule has 0 saturated heterocycles. The van der Waals surface area contributed by atoms with Crippen LogP contribution in [0.4, 0.5) is 5.69 Å². The fourth-order valence-corrected chi connectivity index (χ4v) is 3.10. The predicted octanol–water partition coefficient (Wildman–Crippen LogP) is 3.91. The Hall–Kier alpha value is -3.19. The van der Waals surface area contributed by atoms with Gasteiger partial charge in [0, 0.05) is 41.7 Å². The van der Waals surface area contributed by atoms with E-state index in [1.54, 1.807) is 31.2 Å². The van der Waals surface area contributed by atoms with Gasteiger partial charge < -0.3 is 9.52 Å². The van der Waals surface area contributed by atoms with Crippen LogP contribution in [0.1, 0.15) is 29.7 Å². The van der Waals surface area contributed by atoms with Crippen molar-refractivity contribution in [2.75, 3.05) is 7.05 Å². The van der Waals surface area contributed by atoms with E-state index in [-0.39, 0.29) is 17.5 Å². The average Bonchev–Trinajstić information content (AvgIpc) is 2.64. The monoisotopic (exact) mass is 368 g/mol. The van der Waals surface area contributed by atoms with Crippen LogP contribution in [-0.4, -0.2) is 22.0 Å². The summed E-state index contributed by atoms with van der Waals surface area (Å²) in [5.74, 6) is 0.0705. The lowest BCUT2D eigenvalue weighted by Crippen LogP contribution is -2.22. The van der Waals surface area contributed by atoms with Gasteiger partial charge in [-0.1, -0.05) is 12.1 Å². The van der Waals surface area contributed by atoms with E-state index in [9.17, 15) is 20.0 Å². The SMILES string of the molecule is Cc1c(O)ccc2c(CN(C)C(C)c3cccc([N+](=O)[O-])c3)cc(=O)oc12. The van der Waals surface area contributed by atoms with Crippen molar-refractivity contribution in [1.29, 1.82) is 0 Å². The summed E-state index contributed by atoms with van der Waals surface area (Å²) in [7, 11) is 1.89. The molecule has 1 N–H and O–H groups in total. The van der Waals surface area contributed by atoms with E-state index in [2.05, 4.69) is 0 Å². The highest BCUT2D eigenvalue weighted by Gasteiger charge is 2.18. The number of nitro groups is 1. The maximum absolute atomic E-state index is 12.0. The van der Waals surface area contributed by atoms with Crippen molar-refractivity contribution in [3.05, 3.63) is 79.7 Å². The fraction of sp³-hybridized carbons (Fsp3) is 0.250. The molecule has 0 aliphatic carbocycles. The highest BCUT2D eigenvalue weighted by Crippen LogP contribution is 2.29. The molecule has 0 amide bonds. The minimum absolute atomic E-state index is 0.0460. The Morgan fingerprint density at radius 2 is 2.00 bits per heavy atom. The molecule has 0 fully saturated rings. The number of fused-ring (bicyclic) bond motifs is 1. The largest absolute Gasteiger partial charge is 0.508 e. The van der Waals surface area contributed by atoms with Gasteiger partial charge in [-0.25, -0.2) is 4.79 Å². The summed E-state index contributed by atoms with van der Waals surface area (Å²) in [6.45, 7) is 4.08. The van der Waals surface area contributed by atoms with Crippen LogP contribution < -0.4 is 5.63 Å². The van der Waals surface area contributed by atoms with E-state index >= 15 is 0 Å². The molecule has 0 aliphatic heterocycles. The molecule has 140 valence electrons. The molecule has 1 heterocycles. The molecule has 27 heavy (non-hydrogen) atoms. The molecule has 7 nitrogen and oxygen atoms in total. The van der Waals surface area contributed by atoms with Gasteiger partial charge in [0.25, 0.3) is 5.69 Å². The van der Waals surface area contributed by atoms with Crippen molar-refractivity contribution in [3.63, 3.8) is 0 Å². The Morgan fingerprint density at radius 3 is 2.70 bits per heavy atom. The summed E-state index contributed by atoms with van der Waals surface area (Å²) in [6, 6.07) is 11.2. The normalized spacial score (nSPS) is 12.4. The molecular weight excluding hydrogens is 348 g/mol. The molecule has 0 saturated carbocycles. The molecule has 1 aromatic heterocycles. The maximum atomic E-state index is 12.0. The average molecular weight is 368 g/mol. The van der Waals surface area contributed by atoms with E-state index in [0.29, 0.717) is 17.7 Å². The number of hydrogen-bond acceptors (Lipinski definition) is 6. The zero-order chi connectivity index (χ0) is 19.7. The van der Waals surface area contributed by atoms with Crippen molar-refractivity contribution < 1.29 is 14.4 Å². The first-order valence-electron chi connectivity index (χ1n) is 8.48.